The Morgan fingerprint density at radius 1 is 1.28 bits per heavy atom. The van der Waals surface area contributed by atoms with Gasteiger partial charge in [-0.1, -0.05) is 12.1 Å². The van der Waals surface area contributed by atoms with Gasteiger partial charge in [0.1, 0.15) is 11.5 Å². The van der Waals surface area contributed by atoms with Crippen molar-refractivity contribution in [2.45, 2.75) is 43.9 Å². The average molecular weight is 407 g/mol. The summed E-state index contributed by atoms with van der Waals surface area (Å²) >= 11 is 0. The van der Waals surface area contributed by atoms with Crippen LogP contribution in [0.1, 0.15) is 46.7 Å². The molecule has 1 aliphatic heterocycles. The van der Waals surface area contributed by atoms with E-state index in [9.17, 15) is 22.8 Å². The number of benzene rings is 1. The summed E-state index contributed by atoms with van der Waals surface area (Å²) < 4.78 is 38.2. The Kier molecular flexibility index (Phi) is 4.71. The fraction of sp³-hybridized carbons (Fsp3) is 0.421. The van der Waals surface area contributed by atoms with Crippen LogP contribution in [-0.2, 0) is 12.6 Å². The summed E-state index contributed by atoms with van der Waals surface area (Å²) in [6.07, 6.45) is -1.53. The zero-order valence-electron chi connectivity index (χ0n) is 15.6. The van der Waals surface area contributed by atoms with E-state index in [-0.39, 0.29) is 36.0 Å². The minimum atomic E-state index is -4.40. The van der Waals surface area contributed by atoms with E-state index in [2.05, 4.69) is 20.6 Å². The van der Waals surface area contributed by atoms with Crippen molar-refractivity contribution in [2.75, 3.05) is 11.9 Å². The highest BCUT2D eigenvalue weighted by atomic mass is 19.4. The van der Waals surface area contributed by atoms with Crippen molar-refractivity contribution in [3.63, 3.8) is 0 Å². The van der Waals surface area contributed by atoms with Crippen LogP contribution in [0.5, 0.6) is 0 Å². The van der Waals surface area contributed by atoms with E-state index >= 15 is 0 Å². The maximum Gasteiger partial charge on any atom is 0.416 e. The minimum absolute atomic E-state index is 0.0371. The van der Waals surface area contributed by atoms with Gasteiger partial charge in [0.2, 0.25) is 0 Å². The van der Waals surface area contributed by atoms with E-state index in [1.54, 1.807) is 0 Å². The number of amides is 3. The van der Waals surface area contributed by atoms with Gasteiger partial charge < -0.3 is 15.6 Å². The van der Waals surface area contributed by atoms with E-state index in [1.165, 1.54) is 24.1 Å². The van der Waals surface area contributed by atoms with Gasteiger partial charge in [0.05, 0.1) is 17.6 Å². The first-order valence-corrected chi connectivity index (χ1v) is 9.34. The SMILES string of the molecule is CNC(=O)c1[nH]c(Cc2ccc(C(F)(F)F)cc2)nc1N1C(=O)N[C@@H]2CCC[C@@H]21. The van der Waals surface area contributed by atoms with Crippen LogP contribution in [0.2, 0.25) is 0 Å². The number of H-pyrrole nitrogens is 1. The topological polar surface area (TPSA) is 90.1 Å². The molecule has 0 bridgehead atoms. The summed E-state index contributed by atoms with van der Waals surface area (Å²) in [6.45, 7) is 0. The molecule has 1 aliphatic carbocycles. The average Bonchev–Trinajstić information content (AvgIpc) is 3.35. The van der Waals surface area contributed by atoms with Crippen LogP contribution < -0.4 is 15.5 Å². The molecule has 0 unspecified atom stereocenters. The van der Waals surface area contributed by atoms with Gasteiger partial charge in [-0.3, -0.25) is 9.69 Å². The number of carbonyl (C=O) groups is 2. The van der Waals surface area contributed by atoms with Crippen molar-refractivity contribution in [3.05, 3.63) is 46.9 Å². The molecule has 154 valence electrons. The second-order valence-electron chi connectivity index (χ2n) is 7.26. The number of imidazole rings is 1. The lowest BCUT2D eigenvalue weighted by atomic mass is 10.1. The summed E-state index contributed by atoms with van der Waals surface area (Å²) in [4.78, 5) is 33.7. The number of carbonyl (C=O) groups excluding carboxylic acids is 2. The first-order chi connectivity index (χ1) is 13.8. The summed E-state index contributed by atoms with van der Waals surface area (Å²) in [5.41, 5.74) is 0.0388. The Balaban J connectivity index is 1.64. The van der Waals surface area contributed by atoms with Gasteiger partial charge in [-0.2, -0.15) is 13.2 Å². The summed E-state index contributed by atoms with van der Waals surface area (Å²) in [6, 6.07) is 4.45. The standard InChI is InChI=1S/C19H20F3N5O2/c1-23-17(28)15-16(27-13-4-2-3-12(13)24-18(27)29)26-14(25-15)9-10-5-7-11(8-6-10)19(20,21)22/h5-8,12-13H,2-4,9H2,1H3,(H,23,28)(H,24,29)(H,25,26)/t12-,13+/m1/s1. The Bertz CT molecular complexity index is 938. The lowest BCUT2D eigenvalue weighted by molar-refractivity contribution is -0.137. The van der Waals surface area contributed by atoms with E-state index in [0.717, 1.165) is 31.4 Å². The van der Waals surface area contributed by atoms with Gasteiger partial charge in [-0.25, -0.2) is 9.78 Å². The fourth-order valence-electron chi connectivity index (χ4n) is 4.01. The van der Waals surface area contributed by atoms with Gasteiger partial charge in [0.25, 0.3) is 5.91 Å². The fourth-order valence-corrected chi connectivity index (χ4v) is 4.01. The van der Waals surface area contributed by atoms with E-state index in [1.807, 2.05) is 0 Å². The monoisotopic (exact) mass is 407 g/mol. The molecule has 2 aromatic rings. The minimum Gasteiger partial charge on any atom is -0.354 e. The largest absolute Gasteiger partial charge is 0.416 e. The lowest BCUT2D eigenvalue weighted by Gasteiger charge is -2.20. The molecule has 2 heterocycles. The Morgan fingerprint density at radius 3 is 2.66 bits per heavy atom. The van der Waals surface area contributed by atoms with Crippen molar-refractivity contribution in [1.29, 1.82) is 0 Å². The molecule has 1 aromatic carbocycles. The molecule has 3 N–H and O–H groups in total. The molecule has 1 aromatic heterocycles. The van der Waals surface area contributed by atoms with E-state index < -0.39 is 17.6 Å². The Morgan fingerprint density at radius 2 is 2.00 bits per heavy atom. The number of hydrogen-bond donors (Lipinski definition) is 3. The van der Waals surface area contributed by atoms with Crippen LogP contribution >= 0.6 is 0 Å². The molecule has 29 heavy (non-hydrogen) atoms. The molecule has 0 spiro atoms. The number of halogens is 3. The number of alkyl halides is 3. The molecule has 2 atom stereocenters. The van der Waals surface area contributed by atoms with Gasteiger partial charge in [0, 0.05) is 13.5 Å². The predicted octanol–water partition coefficient (Wildman–Crippen LogP) is 2.83. The summed E-state index contributed by atoms with van der Waals surface area (Å²) in [5.74, 6) is 0.228. The van der Waals surface area contributed by atoms with Crippen molar-refractivity contribution < 1.29 is 22.8 Å². The highest BCUT2D eigenvalue weighted by Gasteiger charge is 2.45. The molecule has 1 saturated heterocycles. The molecular weight excluding hydrogens is 387 g/mol. The normalized spacial score (nSPS) is 21.2. The van der Waals surface area contributed by atoms with Crippen LogP contribution in [0.25, 0.3) is 0 Å². The smallest absolute Gasteiger partial charge is 0.354 e. The number of aromatic amines is 1. The van der Waals surface area contributed by atoms with Crippen LogP contribution in [-0.4, -0.2) is 41.0 Å². The van der Waals surface area contributed by atoms with Crippen molar-refractivity contribution in [3.8, 4) is 0 Å². The number of nitrogens with one attached hydrogen (secondary N) is 3. The molecule has 2 aliphatic rings. The van der Waals surface area contributed by atoms with E-state index in [4.69, 9.17) is 0 Å². The lowest BCUT2D eigenvalue weighted by Crippen LogP contribution is -2.36. The van der Waals surface area contributed by atoms with Gasteiger partial charge in [-0.15, -0.1) is 0 Å². The molecule has 2 fully saturated rings. The second-order valence-corrected chi connectivity index (χ2v) is 7.26. The number of anilines is 1. The number of hydrogen-bond acceptors (Lipinski definition) is 3. The summed E-state index contributed by atoms with van der Waals surface area (Å²) in [5, 5.41) is 5.45. The molecule has 0 radical (unpaired) electrons. The highest BCUT2D eigenvalue weighted by molar-refractivity contribution is 6.03. The van der Waals surface area contributed by atoms with Gasteiger partial charge in [0.15, 0.2) is 5.82 Å². The third-order valence-electron chi connectivity index (χ3n) is 5.41. The molecular formula is C19H20F3N5O2. The molecule has 10 heteroatoms. The van der Waals surface area contributed by atoms with Gasteiger partial charge in [-0.05, 0) is 37.0 Å². The van der Waals surface area contributed by atoms with Crippen LogP contribution in [0.3, 0.4) is 0 Å². The maximum atomic E-state index is 12.7. The Hall–Kier alpha value is -3.04. The quantitative estimate of drug-likeness (QED) is 0.728. The van der Waals surface area contributed by atoms with Crippen LogP contribution in [0.15, 0.2) is 24.3 Å². The Labute approximate surface area is 164 Å². The van der Waals surface area contributed by atoms with Crippen molar-refractivity contribution in [1.82, 2.24) is 20.6 Å². The zero-order chi connectivity index (χ0) is 20.8. The maximum absolute atomic E-state index is 12.7. The van der Waals surface area contributed by atoms with E-state index in [0.29, 0.717) is 11.4 Å². The van der Waals surface area contributed by atoms with Crippen molar-refractivity contribution >= 4 is 17.8 Å². The zero-order valence-corrected chi connectivity index (χ0v) is 15.6. The number of rotatable bonds is 4. The second kappa shape index (κ2) is 7.09. The summed E-state index contributed by atoms with van der Waals surface area (Å²) in [7, 11) is 1.48. The number of nitrogens with zero attached hydrogens (tertiary/aromatic N) is 2. The van der Waals surface area contributed by atoms with Gasteiger partial charge >= 0.3 is 12.2 Å². The molecule has 4 rings (SSSR count). The first-order valence-electron chi connectivity index (χ1n) is 9.34. The number of aromatic nitrogens is 2. The molecule has 3 amide bonds. The third-order valence-corrected chi connectivity index (χ3v) is 5.41. The highest BCUT2D eigenvalue weighted by Crippen LogP contribution is 2.34. The molecule has 1 saturated carbocycles. The predicted molar refractivity (Wildman–Crippen MR) is 98.7 cm³/mol. The van der Waals surface area contributed by atoms with Crippen molar-refractivity contribution in [2.24, 2.45) is 0 Å². The van der Waals surface area contributed by atoms with Crippen LogP contribution in [0, 0.1) is 0 Å². The number of fused-ring (bicyclic) bond motifs is 1. The molecule has 7 nitrogen and oxygen atoms in total. The first kappa shape index (κ1) is 19.3. The van der Waals surface area contributed by atoms with Crippen LogP contribution in [0.4, 0.5) is 23.8 Å². The third kappa shape index (κ3) is 3.54. The number of urea groups is 1.